The highest BCUT2D eigenvalue weighted by Gasteiger charge is 2.03. The molecule has 2 N–H and O–H groups in total. The van der Waals surface area contributed by atoms with Crippen LogP contribution in [0.25, 0.3) is 0 Å². The number of hydrogen-bond donors (Lipinski definition) is 2. The van der Waals surface area contributed by atoms with Gasteiger partial charge in [0.25, 0.3) is 0 Å². The van der Waals surface area contributed by atoms with E-state index in [1.807, 2.05) is 49.4 Å². The highest BCUT2D eigenvalue weighted by molar-refractivity contribution is 9.10. The first-order valence-corrected chi connectivity index (χ1v) is 9.31. The molecular weight excluding hydrogens is 454 g/mol. The molecule has 0 saturated heterocycles. The summed E-state index contributed by atoms with van der Waals surface area (Å²) in [5.41, 5.74) is 4.80. The molecule has 7 heteroatoms. The maximum absolute atomic E-state index is 5.84. The number of benzene rings is 2. The minimum Gasteiger partial charge on any atom is -0.488 e. The minimum absolute atomic E-state index is 0.502. The standard InChI is InChI=1S/C17H17Br2N3OS/c1-2-20-17(24)22-21-10-13-5-8-16(15(19)9-13)23-11-12-3-6-14(18)7-4-12/h3-10H,2,11H2,1H3,(H2,20,22,24). The number of hydrogen-bond acceptors (Lipinski definition) is 3. The molecule has 0 spiro atoms. The van der Waals surface area contributed by atoms with Gasteiger partial charge in [-0.1, -0.05) is 28.1 Å². The third kappa shape index (κ3) is 6.22. The monoisotopic (exact) mass is 469 g/mol. The van der Waals surface area contributed by atoms with Crippen LogP contribution in [-0.2, 0) is 6.61 Å². The van der Waals surface area contributed by atoms with E-state index in [-0.39, 0.29) is 0 Å². The predicted molar refractivity (Wildman–Crippen MR) is 110 cm³/mol. The molecule has 0 unspecified atom stereocenters. The smallest absolute Gasteiger partial charge is 0.186 e. The van der Waals surface area contributed by atoms with Crippen molar-refractivity contribution in [3.8, 4) is 5.75 Å². The van der Waals surface area contributed by atoms with Crippen LogP contribution in [0.1, 0.15) is 18.1 Å². The first-order valence-electron chi connectivity index (χ1n) is 7.32. The number of nitrogens with zero attached hydrogens (tertiary/aromatic N) is 1. The molecule has 0 aliphatic carbocycles. The quantitative estimate of drug-likeness (QED) is 0.367. The van der Waals surface area contributed by atoms with E-state index < -0.39 is 0 Å². The van der Waals surface area contributed by atoms with Crippen molar-refractivity contribution in [1.82, 2.24) is 10.7 Å². The molecule has 24 heavy (non-hydrogen) atoms. The molecule has 0 radical (unpaired) electrons. The lowest BCUT2D eigenvalue weighted by molar-refractivity contribution is 0.304. The maximum Gasteiger partial charge on any atom is 0.186 e. The molecule has 0 heterocycles. The highest BCUT2D eigenvalue weighted by atomic mass is 79.9. The molecule has 126 valence electrons. The van der Waals surface area contributed by atoms with Crippen molar-refractivity contribution < 1.29 is 4.74 Å². The van der Waals surface area contributed by atoms with E-state index in [0.717, 1.165) is 32.4 Å². The fraction of sp³-hybridized carbons (Fsp3) is 0.176. The Kier molecular flexibility index (Phi) is 7.68. The van der Waals surface area contributed by atoms with Gasteiger partial charge in [-0.15, -0.1) is 0 Å². The average Bonchev–Trinajstić information content (AvgIpc) is 2.56. The van der Waals surface area contributed by atoms with Crippen LogP contribution in [-0.4, -0.2) is 17.9 Å². The first-order chi connectivity index (χ1) is 11.6. The lowest BCUT2D eigenvalue weighted by Crippen LogP contribution is -2.31. The second-order valence-corrected chi connectivity index (χ2v) is 7.01. The third-order valence-electron chi connectivity index (χ3n) is 2.98. The number of ether oxygens (including phenoxy) is 1. The van der Waals surface area contributed by atoms with E-state index in [0.29, 0.717) is 11.7 Å². The van der Waals surface area contributed by atoms with E-state index in [1.54, 1.807) is 6.21 Å². The maximum atomic E-state index is 5.84. The van der Waals surface area contributed by atoms with Crippen molar-refractivity contribution in [3.05, 3.63) is 62.5 Å². The molecule has 0 saturated carbocycles. The lowest BCUT2D eigenvalue weighted by atomic mass is 10.2. The van der Waals surface area contributed by atoms with Crippen LogP contribution < -0.4 is 15.5 Å². The van der Waals surface area contributed by atoms with Gasteiger partial charge >= 0.3 is 0 Å². The predicted octanol–water partition coefficient (Wildman–Crippen LogP) is 4.61. The van der Waals surface area contributed by atoms with Gasteiger partial charge in [-0.3, -0.25) is 5.43 Å². The Morgan fingerprint density at radius 2 is 1.96 bits per heavy atom. The van der Waals surface area contributed by atoms with Gasteiger partial charge in [0.2, 0.25) is 0 Å². The molecule has 2 aromatic carbocycles. The van der Waals surface area contributed by atoms with Crippen LogP contribution in [0, 0.1) is 0 Å². The average molecular weight is 471 g/mol. The Morgan fingerprint density at radius 1 is 1.21 bits per heavy atom. The third-order valence-corrected chi connectivity index (χ3v) is 4.36. The van der Waals surface area contributed by atoms with E-state index >= 15 is 0 Å². The second-order valence-electron chi connectivity index (χ2n) is 4.83. The Hall–Kier alpha value is -1.44. The van der Waals surface area contributed by atoms with E-state index in [1.165, 1.54) is 0 Å². The van der Waals surface area contributed by atoms with Crippen LogP contribution in [0.15, 0.2) is 56.5 Å². The lowest BCUT2D eigenvalue weighted by Gasteiger charge is -2.09. The minimum atomic E-state index is 0.502. The Morgan fingerprint density at radius 3 is 2.62 bits per heavy atom. The van der Waals surface area contributed by atoms with Crippen molar-refractivity contribution in [2.45, 2.75) is 13.5 Å². The molecule has 0 atom stereocenters. The Balaban J connectivity index is 1.92. The first kappa shape index (κ1) is 18.9. The van der Waals surface area contributed by atoms with Crippen molar-refractivity contribution in [2.75, 3.05) is 6.54 Å². The fourth-order valence-electron chi connectivity index (χ4n) is 1.82. The molecule has 0 amide bonds. The number of rotatable bonds is 6. The molecule has 0 fully saturated rings. The van der Waals surface area contributed by atoms with Crippen molar-refractivity contribution in [1.29, 1.82) is 0 Å². The van der Waals surface area contributed by atoms with Crippen molar-refractivity contribution >= 4 is 55.4 Å². The molecule has 0 aliphatic rings. The summed E-state index contributed by atoms with van der Waals surface area (Å²) in [5, 5.41) is 7.55. The molecule has 2 rings (SSSR count). The zero-order valence-corrected chi connectivity index (χ0v) is 17.0. The Labute approximate surface area is 163 Å². The van der Waals surface area contributed by atoms with Gasteiger partial charge in [0, 0.05) is 11.0 Å². The van der Waals surface area contributed by atoms with Gasteiger partial charge in [0.05, 0.1) is 10.7 Å². The van der Waals surface area contributed by atoms with E-state index in [9.17, 15) is 0 Å². The van der Waals surface area contributed by atoms with Gasteiger partial charge in [0.15, 0.2) is 5.11 Å². The number of nitrogens with one attached hydrogen (secondary N) is 2. The largest absolute Gasteiger partial charge is 0.488 e. The Bertz CT molecular complexity index is 720. The molecule has 0 aromatic heterocycles. The van der Waals surface area contributed by atoms with Gasteiger partial charge in [-0.25, -0.2) is 0 Å². The van der Waals surface area contributed by atoms with Gasteiger partial charge in [-0.2, -0.15) is 5.10 Å². The van der Waals surface area contributed by atoms with Crippen molar-refractivity contribution in [2.24, 2.45) is 5.10 Å². The number of thiocarbonyl (C=S) groups is 1. The highest BCUT2D eigenvalue weighted by Crippen LogP contribution is 2.26. The van der Waals surface area contributed by atoms with Gasteiger partial charge in [-0.05, 0) is 76.5 Å². The molecular formula is C17H17Br2N3OS. The molecule has 0 aliphatic heterocycles. The van der Waals surface area contributed by atoms with Gasteiger partial charge < -0.3 is 10.1 Å². The molecule has 2 aromatic rings. The van der Waals surface area contributed by atoms with E-state index in [4.69, 9.17) is 17.0 Å². The van der Waals surface area contributed by atoms with E-state index in [2.05, 4.69) is 47.7 Å². The van der Waals surface area contributed by atoms with Crippen LogP contribution in [0.2, 0.25) is 0 Å². The molecule has 4 nitrogen and oxygen atoms in total. The van der Waals surface area contributed by atoms with Crippen molar-refractivity contribution in [3.63, 3.8) is 0 Å². The normalized spacial score (nSPS) is 10.6. The summed E-state index contributed by atoms with van der Waals surface area (Å²) >= 11 is 12.0. The summed E-state index contributed by atoms with van der Waals surface area (Å²) in [4.78, 5) is 0. The summed E-state index contributed by atoms with van der Waals surface area (Å²) in [6.45, 7) is 3.25. The summed E-state index contributed by atoms with van der Waals surface area (Å²) in [5.74, 6) is 0.784. The summed E-state index contributed by atoms with van der Waals surface area (Å²) in [6, 6.07) is 13.8. The number of halogens is 2. The van der Waals surface area contributed by atoms with Crippen LogP contribution >= 0.6 is 44.1 Å². The van der Waals surface area contributed by atoms with Crippen LogP contribution in [0.3, 0.4) is 0 Å². The molecule has 0 bridgehead atoms. The summed E-state index contributed by atoms with van der Waals surface area (Å²) < 4.78 is 7.77. The zero-order valence-electron chi connectivity index (χ0n) is 13.1. The van der Waals surface area contributed by atoms with Crippen LogP contribution in [0.4, 0.5) is 0 Å². The second kappa shape index (κ2) is 9.76. The van der Waals surface area contributed by atoms with Gasteiger partial charge in [0.1, 0.15) is 12.4 Å². The zero-order chi connectivity index (χ0) is 17.4. The summed E-state index contributed by atoms with van der Waals surface area (Å²) in [6.07, 6.45) is 1.70. The SMILES string of the molecule is CCNC(=S)NN=Cc1ccc(OCc2ccc(Br)cc2)c(Br)c1. The number of hydrazone groups is 1. The van der Waals surface area contributed by atoms with Crippen LogP contribution in [0.5, 0.6) is 5.75 Å². The fourth-order valence-corrected chi connectivity index (χ4v) is 2.79. The summed E-state index contributed by atoms with van der Waals surface area (Å²) in [7, 11) is 0. The topological polar surface area (TPSA) is 45.7 Å².